The Balaban J connectivity index is 2.00. The minimum absolute atomic E-state index is 0.301. The van der Waals surface area contributed by atoms with Crippen molar-refractivity contribution in [1.82, 2.24) is 20.1 Å². The Bertz CT molecular complexity index is 513. The van der Waals surface area contributed by atoms with Crippen molar-refractivity contribution < 1.29 is 4.79 Å². The number of pyridine rings is 1. The molecule has 2 heterocycles. The highest BCUT2D eigenvalue weighted by molar-refractivity contribution is 6.18. The Morgan fingerprint density at radius 2 is 2.17 bits per heavy atom. The molecule has 0 fully saturated rings. The predicted molar refractivity (Wildman–Crippen MR) is 69.1 cm³/mol. The molecule has 0 aromatic carbocycles. The number of amides is 2. The number of anilines is 1. The van der Waals surface area contributed by atoms with Gasteiger partial charge in [-0.05, 0) is 12.1 Å². The molecule has 0 aliphatic heterocycles. The summed E-state index contributed by atoms with van der Waals surface area (Å²) < 4.78 is 1.65. The third-order valence-corrected chi connectivity index (χ3v) is 2.34. The van der Waals surface area contributed by atoms with E-state index in [0.29, 0.717) is 18.1 Å². The summed E-state index contributed by atoms with van der Waals surface area (Å²) in [6.07, 6.45) is 6.64. The topological polar surface area (TPSA) is 71.8 Å². The Morgan fingerprint density at radius 1 is 1.39 bits per heavy atom. The highest BCUT2D eigenvalue weighted by atomic mass is 35.5. The fourth-order valence-electron chi connectivity index (χ4n) is 1.36. The lowest BCUT2D eigenvalue weighted by molar-refractivity contribution is 0.252. The molecular weight excluding hydrogens is 254 g/mol. The van der Waals surface area contributed by atoms with Crippen molar-refractivity contribution in [1.29, 1.82) is 0 Å². The number of nitrogens with one attached hydrogen (secondary N) is 2. The lowest BCUT2D eigenvalue weighted by atomic mass is 10.4. The Labute approximate surface area is 109 Å². The highest BCUT2D eigenvalue weighted by Crippen LogP contribution is 2.10. The van der Waals surface area contributed by atoms with Gasteiger partial charge in [0, 0.05) is 24.8 Å². The zero-order valence-electron chi connectivity index (χ0n) is 9.51. The Morgan fingerprint density at radius 3 is 2.89 bits per heavy atom. The predicted octanol–water partition coefficient (Wildman–Crippen LogP) is 1.63. The van der Waals surface area contributed by atoms with Crippen LogP contribution in [-0.2, 0) is 0 Å². The molecule has 7 heteroatoms. The van der Waals surface area contributed by atoms with Crippen LogP contribution >= 0.6 is 11.6 Å². The summed E-state index contributed by atoms with van der Waals surface area (Å²) in [5, 5.41) is 9.40. The summed E-state index contributed by atoms with van der Waals surface area (Å²) in [7, 11) is 0. The molecule has 0 saturated carbocycles. The van der Waals surface area contributed by atoms with Crippen LogP contribution in [0, 0.1) is 0 Å². The number of carbonyl (C=O) groups excluding carboxylic acids is 1. The van der Waals surface area contributed by atoms with E-state index in [1.54, 1.807) is 29.5 Å². The van der Waals surface area contributed by atoms with Gasteiger partial charge in [0.2, 0.25) is 0 Å². The SMILES string of the molecule is O=C(NCCCl)Nc1cnn(-c2ccncc2)c1. The van der Waals surface area contributed by atoms with Crippen molar-refractivity contribution in [2.24, 2.45) is 0 Å². The molecule has 0 spiro atoms. The van der Waals surface area contributed by atoms with Crippen LogP contribution in [-0.4, -0.2) is 33.2 Å². The molecule has 2 aromatic rings. The van der Waals surface area contributed by atoms with Gasteiger partial charge in [-0.15, -0.1) is 11.6 Å². The summed E-state index contributed by atoms with van der Waals surface area (Å²) in [5.74, 6) is 0.379. The number of nitrogens with zero attached hydrogens (tertiary/aromatic N) is 3. The van der Waals surface area contributed by atoms with E-state index in [4.69, 9.17) is 11.6 Å². The number of carbonyl (C=O) groups is 1. The number of hydrogen-bond donors (Lipinski definition) is 2. The summed E-state index contributed by atoms with van der Waals surface area (Å²) in [4.78, 5) is 15.3. The molecular formula is C11H12ClN5O. The normalized spacial score (nSPS) is 10.1. The molecule has 2 aromatic heterocycles. The summed E-state index contributed by atoms with van der Waals surface area (Å²) in [6, 6.07) is 3.35. The van der Waals surface area contributed by atoms with Gasteiger partial charge in [0.05, 0.1) is 23.8 Å². The van der Waals surface area contributed by atoms with E-state index >= 15 is 0 Å². The number of halogens is 1. The number of hydrogen-bond acceptors (Lipinski definition) is 3. The standard InChI is InChI=1S/C11H12ClN5O/c12-3-6-14-11(18)16-9-7-15-17(8-9)10-1-4-13-5-2-10/h1-2,4-5,7-8H,3,6H2,(H2,14,16,18). The van der Waals surface area contributed by atoms with Crippen molar-refractivity contribution in [2.75, 3.05) is 17.7 Å². The molecule has 0 atom stereocenters. The van der Waals surface area contributed by atoms with Crippen LogP contribution in [0.2, 0.25) is 0 Å². The molecule has 0 aliphatic rings. The molecule has 0 aliphatic carbocycles. The molecule has 18 heavy (non-hydrogen) atoms. The van der Waals surface area contributed by atoms with Crippen LogP contribution < -0.4 is 10.6 Å². The second kappa shape index (κ2) is 6.02. The number of rotatable bonds is 4. The van der Waals surface area contributed by atoms with Gasteiger partial charge in [0.1, 0.15) is 0 Å². The molecule has 0 saturated heterocycles. The Kier molecular flexibility index (Phi) is 4.14. The van der Waals surface area contributed by atoms with E-state index in [-0.39, 0.29) is 6.03 Å². The van der Waals surface area contributed by atoms with E-state index in [9.17, 15) is 4.79 Å². The van der Waals surface area contributed by atoms with Crippen LogP contribution in [0.1, 0.15) is 0 Å². The molecule has 0 unspecified atom stereocenters. The van der Waals surface area contributed by atoms with Crippen LogP contribution in [0.15, 0.2) is 36.9 Å². The van der Waals surface area contributed by atoms with Crippen molar-refractivity contribution in [3.05, 3.63) is 36.9 Å². The molecule has 94 valence electrons. The van der Waals surface area contributed by atoms with Crippen molar-refractivity contribution in [3.8, 4) is 5.69 Å². The van der Waals surface area contributed by atoms with Crippen LogP contribution in [0.4, 0.5) is 10.5 Å². The molecule has 2 amide bonds. The minimum Gasteiger partial charge on any atom is -0.337 e. The molecule has 0 radical (unpaired) electrons. The van der Waals surface area contributed by atoms with Gasteiger partial charge in [0.15, 0.2) is 0 Å². The van der Waals surface area contributed by atoms with Gasteiger partial charge < -0.3 is 10.6 Å². The lowest BCUT2D eigenvalue weighted by Gasteiger charge is -2.03. The monoisotopic (exact) mass is 265 g/mol. The van der Waals surface area contributed by atoms with Gasteiger partial charge in [-0.2, -0.15) is 5.10 Å². The fourth-order valence-corrected chi connectivity index (χ4v) is 1.46. The Hall–Kier alpha value is -2.08. The largest absolute Gasteiger partial charge is 0.337 e. The van der Waals surface area contributed by atoms with Crippen LogP contribution in [0.3, 0.4) is 0 Å². The van der Waals surface area contributed by atoms with Gasteiger partial charge in [-0.1, -0.05) is 0 Å². The van der Waals surface area contributed by atoms with Crippen molar-refractivity contribution in [2.45, 2.75) is 0 Å². The average Bonchev–Trinajstić information content (AvgIpc) is 2.86. The minimum atomic E-state index is -0.301. The summed E-state index contributed by atoms with van der Waals surface area (Å²) in [5.41, 5.74) is 1.48. The average molecular weight is 266 g/mol. The van der Waals surface area contributed by atoms with Crippen molar-refractivity contribution in [3.63, 3.8) is 0 Å². The smallest absolute Gasteiger partial charge is 0.319 e. The second-order valence-electron chi connectivity index (χ2n) is 3.45. The first-order valence-corrected chi connectivity index (χ1v) is 5.89. The van der Waals surface area contributed by atoms with Crippen LogP contribution in [0.5, 0.6) is 0 Å². The number of urea groups is 1. The van der Waals surface area contributed by atoms with Gasteiger partial charge in [0.25, 0.3) is 0 Å². The maximum Gasteiger partial charge on any atom is 0.319 e. The maximum absolute atomic E-state index is 11.4. The fraction of sp³-hybridized carbons (Fsp3) is 0.182. The van der Waals surface area contributed by atoms with E-state index in [1.165, 1.54) is 0 Å². The van der Waals surface area contributed by atoms with Crippen molar-refractivity contribution >= 4 is 23.3 Å². The molecule has 2 N–H and O–H groups in total. The first kappa shape index (κ1) is 12.4. The number of aromatic nitrogens is 3. The first-order valence-electron chi connectivity index (χ1n) is 5.35. The van der Waals surface area contributed by atoms with E-state index in [2.05, 4.69) is 20.7 Å². The zero-order chi connectivity index (χ0) is 12.8. The van der Waals surface area contributed by atoms with E-state index in [0.717, 1.165) is 5.69 Å². The molecule has 0 bridgehead atoms. The number of alkyl halides is 1. The summed E-state index contributed by atoms with van der Waals surface area (Å²) in [6.45, 7) is 0.423. The third kappa shape index (κ3) is 3.21. The quantitative estimate of drug-likeness (QED) is 0.826. The van der Waals surface area contributed by atoms with Gasteiger partial charge >= 0.3 is 6.03 Å². The van der Waals surface area contributed by atoms with E-state index in [1.807, 2.05) is 12.1 Å². The molecule has 2 rings (SSSR count). The van der Waals surface area contributed by atoms with Gasteiger partial charge in [-0.3, -0.25) is 4.98 Å². The lowest BCUT2D eigenvalue weighted by Crippen LogP contribution is -2.30. The zero-order valence-corrected chi connectivity index (χ0v) is 10.3. The molecule has 6 nitrogen and oxygen atoms in total. The summed E-state index contributed by atoms with van der Waals surface area (Å²) >= 11 is 5.47. The highest BCUT2D eigenvalue weighted by Gasteiger charge is 2.04. The van der Waals surface area contributed by atoms with E-state index < -0.39 is 0 Å². The second-order valence-corrected chi connectivity index (χ2v) is 3.83. The van der Waals surface area contributed by atoms with Gasteiger partial charge in [-0.25, -0.2) is 9.48 Å². The van der Waals surface area contributed by atoms with Crippen LogP contribution in [0.25, 0.3) is 5.69 Å². The maximum atomic E-state index is 11.4. The first-order chi connectivity index (χ1) is 8.79. The third-order valence-electron chi connectivity index (χ3n) is 2.15.